The molecule has 1 aliphatic heterocycles. The molecule has 0 atom stereocenters. The lowest BCUT2D eigenvalue weighted by atomic mass is 10.0. The summed E-state index contributed by atoms with van der Waals surface area (Å²) in [6.07, 6.45) is 6.51. The van der Waals surface area contributed by atoms with Crippen LogP contribution in [0.4, 0.5) is 4.39 Å². The summed E-state index contributed by atoms with van der Waals surface area (Å²) in [5, 5.41) is 0. The van der Waals surface area contributed by atoms with E-state index in [1.54, 1.807) is 12.1 Å². The highest BCUT2D eigenvalue weighted by atomic mass is 28.3. The number of imidazole rings is 1. The van der Waals surface area contributed by atoms with Crippen molar-refractivity contribution in [2.45, 2.75) is 38.8 Å². The van der Waals surface area contributed by atoms with Gasteiger partial charge in [-0.1, -0.05) is 19.6 Å². The number of aromatic nitrogens is 2. The van der Waals surface area contributed by atoms with Crippen LogP contribution in [-0.4, -0.2) is 37.0 Å². The fraction of sp³-hybridized carbons (Fsp3) is 0.400. The van der Waals surface area contributed by atoms with E-state index in [2.05, 4.69) is 29.6 Å². The van der Waals surface area contributed by atoms with E-state index in [9.17, 15) is 4.39 Å². The molecule has 26 heavy (non-hydrogen) atoms. The van der Waals surface area contributed by atoms with Crippen molar-refractivity contribution in [3.05, 3.63) is 48.2 Å². The minimum atomic E-state index is -1.12. The van der Waals surface area contributed by atoms with Gasteiger partial charge in [0.2, 0.25) is 0 Å². The number of ether oxygens (including phenoxy) is 1. The molecule has 2 aromatic rings. The summed E-state index contributed by atoms with van der Waals surface area (Å²) in [6, 6.07) is 7.69. The molecular formula is C20H26FN3OSi. The van der Waals surface area contributed by atoms with E-state index >= 15 is 0 Å². The molecule has 3 rings (SSSR count). The molecule has 1 aromatic heterocycles. The van der Waals surface area contributed by atoms with Crippen molar-refractivity contribution in [3.63, 3.8) is 0 Å². The van der Waals surface area contributed by atoms with Crippen molar-refractivity contribution in [2.24, 2.45) is 4.99 Å². The summed E-state index contributed by atoms with van der Waals surface area (Å²) < 4.78 is 21.3. The van der Waals surface area contributed by atoms with Crippen LogP contribution in [0.15, 0.2) is 41.7 Å². The molecule has 1 aromatic carbocycles. The molecule has 2 heterocycles. The van der Waals surface area contributed by atoms with E-state index in [1.807, 2.05) is 23.2 Å². The molecule has 4 nitrogen and oxygen atoms in total. The van der Waals surface area contributed by atoms with Crippen molar-refractivity contribution in [3.8, 4) is 11.3 Å². The Morgan fingerprint density at radius 2 is 1.96 bits per heavy atom. The molecule has 0 saturated carbocycles. The molecule has 138 valence electrons. The second-order valence-electron chi connectivity index (χ2n) is 7.76. The summed E-state index contributed by atoms with van der Waals surface area (Å²) in [5.41, 5.74) is 3.99. The number of halogens is 1. The Kier molecular flexibility index (Phi) is 5.83. The molecule has 0 amide bonds. The maximum atomic E-state index is 13.4. The average Bonchev–Trinajstić information content (AvgIpc) is 3.03. The van der Waals surface area contributed by atoms with Crippen LogP contribution in [0.2, 0.25) is 25.7 Å². The number of hydrogen-bond acceptors (Lipinski definition) is 3. The molecule has 0 radical (unpaired) electrons. The number of aliphatic imine (C=N–C) groups is 1. The molecule has 0 fully saturated rings. The van der Waals surface area contributed by atoms with Crippen LogP contribution < -0.4 is 0 Å². The maximum Gasteiger partial charge on any atom is 0.124 e. The monoisotopic (exact) mass is 371 g/mol. The van der Waals surface area contributed by atoms with Gasteiger partial charge in [-0.15, -0.1) is 0 Å². The number of nitrogens with zero attached hydrogens (tertiary/aromatic N) is 3. The average molecular weight is 372 g/mol. The molecule has 0 spiro atoms. The Morgan fingerprint density at radius 3 is 2.62 bits per heavy atom. The van der Waals surface area contributed by atoms with E-state index in [0.717, 1.165) is 48.1 Å². The minimum Gasteiger partial charge on any atom is -0.361 e. The van der Waals surface area contributed by atoms with Crippen molar-refractivity contribution >= 4 is 19.9 Å². The highest BCUT2D eigenvalue weighted by Crippen LogP contribution is 2.31. The van der Waals surface area contributed by atoms with Crippen LogP contribution in [0.5, 0.6) is 0 Å². The number of dihydropyridines is 1. The maximum absolute atomic E-state index is 13.4. The van der Waals surface area contributed by atoms with Crippen molar-refractivity contribution in [1.82, 2.24) is 9.55 Å². The lowest BCUT2D eigenvalue weighted by molar-refractivity contribution is 0.0882. The zero-order valence-electron chi connectivity index (χ0n) is 15.7. The van der Waals surface area contributed by atoms with Gasteiger partial charge in [0, 0.05) is 33.0 Å². The largest absolute Gasteiger partial charge is 0.361 e. The molecule has 0 aliphatic carbocycles. The Morgan fingerprint density at radius 1 is 1.19 bits per heavy atom. The second-order valence-corrected chi connectivity index (χ2v) is 13.4. The first-order valence-corrected chi connectivity index (χ1v) is 12.7. The lowest BCUT2D eigenvalue weighted by Gasteiger charge is -2.17. The Hall–Kier alpha value is -2.05. The van der Waals surface area contributed by atoms with Gasteiger partial charge in [-0.2, -0.15) is 0 Å². The van der Waals surface area contributed by atoms with E-state index in [4.69, 9.17) is 4.74 Å². The first kappa shape index (κ1) is 18.7. The molecular weight excluding hydrogens is 345 g/mol. The van der Waals surface area contributed by atoms with Crippen LogP contribution in [0, 0.1) is 5.82 Å². The highest BCUT2D eigenvalue weighted by Gasteiger charge is 2.18. The van der Waals surface area contributed by atoms with E-state index in [1.165, 1.54) is 12.1 Å². The van der Waals surface area contributed by atoms with Crippen molar-refractivity contribution < 1.29 is 9.13 Å². The molecule has 6 heteroatoms. The number of rotatable bonds is 7. The SMILES string of the molecule is C[Si](C)(C)CCOCn1cnc(C2=CC=NCC2)c1-c1ccc(F)cc1. The normalized spacial score (nSPS) is 14.5. The predicted octanol–water partition coefficient (Wildman–Crippen LogP) is 4.86. The third-order valence-electron chi connectivity index (χ3n) is 4.38. The quantitative estimate of drug-likeness (QED) is 0.515. The van der Waals surface area contributed by atoms with Gasteiger partial charge in [-0.25, -0.2) is 9.37 Å². The lowest BCUT2D eigenvalue weighted by Crippen LogP contribution is -2.22. The summed E-state index contributed by atoms with van der Waals surface area (Å²) in [4.78, 5) is 8.88. The zero-order chi connectivity index (χ0) is 18.6. The van der Waals surface area contributed by atoms with Crippen molar-refractivity contribution in [1.29, 1.82) is 0 Å². The summed E-state index contributed by atoms with van der Waals surface area (Å²) in [7, 11) is -1.12. The zero-order valence-corrected chi connectivity index (χ0v) is 16.7. The van der Waals surface area contributed by atoms with Crippen LogP contribution in [0.25, 0.3) is 16.8 Å². The predicted molar refractivity (Wildman–Crippen MR) is 108 cm³/mol. The third-order valence-corrected chi connectivity index (χ3v) is 6.08. The third kappa shape index (κ3) is 4.77. The second kappa shape index (κ2) is 8.10. The first-order chi connectivity index (χ1) is 12.4. The van der Waals surface area contributed by atoms with Gasteiger partial charge >= 0.3 is 0 Å². The van der Waals surface area contributed by atoms with Gasteiger partial charge in [0.25, 0.3) is 0 Å². The minimum absolute atomic E-state index is 0.239. The Labute approximate surface area is 155 Å². The first-order valence-electron chi connectivity index (χ1n) is 9.02. The fourth-order valence-electron chi connectivity index (χ4n) is 2.85. The van der Waals surface area contributed by atoms with Crippen molar-refractivity contribution in [2.75, 3.05) is 13.2 Å². The summed E-state index contributed by atoms with van der Waals surface area (Å²) in [5.74, 6) is -0.239. The Bertz CT molecular complexity index is 803. The van der Waals surface area contributed by atoms with Gasteiger partial charge < -0.3 is 9.30 Å². The number of allylic oxidation sites excluding steroid dienone is 1. The van der Waals surface area contributed by atoms with Crippen LogP contribution in [-0.2, 0) is 11.5 Å². The van der Waals surface area contributed by atoms with Crippen LogP contribution >= 0.6 is 0 Å². The molecule has 0 bridgehead atoms. The van der Waals surface area contributed by atoms with Gasteiger partial charge in [0.15, 0.2) is 0 Å². The van der Waals surface area contributed by atoms with Gasteiger partial charge in [0.05, 0.1) is 17.7 Å². The number of benzene rings is 1. The summed E-state index contributed by atoms with van der Waals surface area (Å²) in [6.45, 7) is 8.99. The topological polar surface area (TPSA) is 39.4 Å². The summed E-state index contributed by atoms with van der Waals surface area (Å²) >= 11 is 0. The molecule has 0 unspecified atom stereocenters. The smallest absolute Gasteiger partial charge is 0.124 e. The molecule has 0 N–H and O–H groups in total. The van der Waals surface area contributed by atoms with Crippen LogP contribution in [0.3, 0.4) is 0 Å². The molecule has 1 aliphatic rings. The van der Waals surface area contributed by atoms with Gasteiger partial charge in [-0.05, 0) is 48.4 Å². The number of hydrogen-bond donors (Lipinski definition) is 0. The standard InChI is InChI=1S/C20H26FN3OSi/c1-26(2,3)13-12-25-15-24-14-23-19(16-8-10-22-11-9-16)20(24)17-4-6-18(21)7-5-17/h4-8,10,14H,9,11-13,15H2,1-3H3. The van der Waals surface area contributed by atoms with E-state index in [-0.39, 0.29) is 5.82 Å². The fourth-order valence-corrected chi connectivity index (χ4v) is 3.61. The van der Waals surface area contributed by atoms with E-state index < -0.39 is 8.07 Å². The van der Waals surface area contributed by atoms with Crippen LogP contribution in [0.1, 0.15) is 12.1 Å². The van der Waals surface area contributed by atoms with E-state index in [0.29, 0.717) is 6.73 Å². The Balaban J connectivity index is 1.86. The highest BCUT2D eigenvalue weighted by molar-refractivity contribution is 6.76. The molecule has 0 saturated heterocycles. The van der Waals surface area contributed by atoms with Gasteiger partial charge in [0.1, 0.15) is 12.5 Å². The van der Waals surface area contributed by atoms with Gasteiger partial charge in [-0.3, -0.25) is 4.99 Å².